The Labute approximate surface area is 135 Å². The van der Waals surface area contributed by atoms with Gasteiger partial charge < -0.3 is 14.0 Å². The molecule has 0 spiro atoms. The van der Waals surface area contributed by atoms with Crippen LogP contribution < -0.4 is 5.32 Å². The number of nitrogens with zero attached hydrogens (tertiary/aromatic N) is 5. The number of anilines is 1. The lowest BCUT2D eigenvalue weighted by Crippen LogP contribution is -2.52. The third-order valence-corrected chi connectivity index (χ3v) is 4.20. The van der Waals surface area contributed by atoms with Crippen LogP contribution in [0.5, 0.6) is 0 Å². The maximum atomic E-state index is 12.5. The molecule has 2 aromatic heterocycles. The maximum absolute atomic E-state index is 12.5. The average molecular weight is 318 g/mol. The summed E-state index contributed by atoms with van der Waals surface area (Å²) < 4.78 is 6.99. The van der Waals surface area contributed by atoms with E-state index in [0.717, 1.165) is 18.9 Å². The molecule has 124 valence electrons. The fourth-order valence-corrected chi connectivity index (χ4v) is 2.94. The number of nitrogens with one attached hydrogen (secondary N) is 1. The highest BCUT2D eigenvalue weighted by Gasteiger charge is 2.32. The number of amides is 2. The van der Waals surface area contributed by atoms with E-state index >= 15 is 0 Å². The highest BCUT2D eigenvalue weighted by molar-refractivity contribution is 5.88. The second-order valence-corrected chi connectivity index (χ2v) is 5.74. The number of aryl methyl sites for hydroxylation is 2. The molecule has 0 aromatic carbocycles. The SMILES string of the molecule is CCN1CCN(C(=O)Nc2cc(C)on2)C[C@H]1c1nccn1C. The van der Waals surface area contributed by atoms with Gasteiger partial charge in [-0.1, -0.05) is 12.1 Å². The molecular weight excluding hydrogens is 296 g/mol. The van der Waals surface area contributed by atoms with Crippen LogP contribution in [0.1, 0.15) is 24.6 Å². The zero-order chi connectivity index (χ0) is 16.4. The van der Waals surface area contributed by atoms with Crippen LogP contribution in [0, 0.1) is 6.92 Å². The Morgan fingerprint density at radius 2 is 2.30 bits per heavy atom. The topological polar surface area (TPSA) is 79.4 Å². The third kappa shape index (κ3) is 3.21. The molecule has 8 heteroatoms. The molecule has 2 aromatic rings. The minimum Gasteiger partial charge on any atom is -0.360 e. The predicted molar refractivity (Wildman–Crippen MR) is 85.0 cm³/mol. The van der Waals surface area contributed by atoms with Crippen LogP contribution in [-0.4, -0.2) is 56.7 Å². The molecule has 1 N–H and O–H groups in total. The van der Waals surface area contributed by atoms with Crippen molar-refractivity contribution in [2.45, 2.75) is 19.9 Å². The summed E-state index contributed by atoms with van der Waals surface area (Å²) in [6.07, 6.45) is 3.72. The third-order valence-electron chi connectivity index (χ3n) is 4.20. The van der Waals surface area contributed by atoms with E-state index in [1.54, 1.807) is 24.1 Å². The van der Waals surface area contributed by atoms with Crippen molar-refractivity contribution in [2.24, 2.45) is 7.05 Å². The first-order valence-corrected chi connectivity index (χ1v) is 7.79. The number of carbonyl (C=O) groups excluding carboxylic acids is 1. The zero-order valence-corrected chi connectivity index (χ0v) is 13.7. The lowest BCUT2D eigenvalue weighted by Gasteiger charge is -2.40. The first-order valence-electron chi connectivity index (χ1n) is 7.79. The van der Waals surface area contributed by atoms with Crippen LogP contribution in [0.2, 0.25) is 0 Å². The number of urea groups is 1. The number of hydrogen-bond acceptors (Lipinski definition) is 5. The van der Waals surface area contributed by atoms with Crippen molar-refractivity contribution in [2.75, 3.05) is 31.5 Å². The molecule has 1 aliphatic rings. The molecule has 0 unspecified atom stereocenters. The molecule has 1 saturated heterocycles. The first kappa shape index (κ1) is 15.5. The van der Waals surface area contributed by atoms with Gasteiger partial charge in [0.15, 0.2) is 5.82 Å². The summed E-state index contributed by atoms with van der Waals surface area (Å²) >= 11 is 0. The minimum absolute atomic E-state index is 0.0959. The summed E-state index contributed by atoms with van der Waals surface area (Å²) in [5.41, 5.74) is 0. The van der Waals surface area contributed by atoms with Gasteiger partial charge in [0.1, 0.15) is 11.6 Å². The van der Waals surface area contributed by atoms with Gasteiger partial charge in [0.25, 0.3) is 0 Å². The summed E-state index contributed by atoms with van der Waals surface area (Å²) in [5.74, 6) is 2.09. The average Bonchev–Trinajstić information content (AvgIpc) is 3.15. The summed E-state index contributed by atoms with van der Waals surface area (Å²) in [7, 11) is 1.98. The smallest absolute Gasteiger partial charge is 0.323 e. The van der Waals surface area contributed by atoms with Crippen molar-refractivity contribution in [3.8, 4) is 0 Å². The highest BCUT2D eigenvalue weighted by atomic mass is 16.5. The Hall–Kier alpha value is -2.35. The summed E-state index contributed by atoms with van der Waals surface area (Å²) in [5, 5.41) is 6.59. The van der Waals surface area contributed by atoms with E-state index in [-0.39, 0.29) is 12.1 Å². The second kappa shape index (κ2) is 6.41. The van der Waals surface area contributed by atoms with Crippen LogP contribution in [0.3, 0.4) is 0 Å². The van der Waals surface area contributed by atoms with E-state index in [0.29, 0.717) is 24.7 Å². The Balaban J connectivity index is 1.72. The Morgan fingerprint density at radius 1 is 1.48 bits per heavy atom. The zero-order valence-electron chi connectivity index (χ0n) is 13.7. The summed E-state index contributed by atoms with van der Waals surface area (Å²) in [6, 6.07) is 1.64. The second-order valence-electron chi connectivity index (χ2n) is 5.74. The quantitative estimate of drug-likeness (QED) is 0.930. The maximum Gasteiger partial charge on any atom is 0.323 e. The molecule has 1 aliphatic heterocycles. The van der Waals surface area contributed by atoms with Gasteiger partial charge in [-0.25, -0.2) is 9.78 Å². The van der Waals surface area contributed by atoms with Crippen molar-refractivity contribution in [3.05, 3.63) is 30.0 Å². The number of rotatable bonds is 3. The van der Waals surface area contributed by atoms with E-state index in [1.807, 2.05) is 17.8 Å². The van der Waals surface area contributed by atoms with E-state index < -0.39 is 0 Å². The van der Waals surface area contributed by atoms with Gasteiger partial charge in [-0.05, 0) is 13.5 Å². The lowest BCUT2D eigenvalue weighted by atomic mass is 10.1. The minimum atomic E-state index is -0.159. The number of aromatic nitrogens is 3. The van der Waals surface area contributed by atoms with Crippen LogP contribution in [0.15, 0.2) is 23.0 Å². The normalized spacial score (nSPS) is 19.1. The van der Waals surface area contributed by atoms with Crippen LogP contribution >= 0.6 is 0 Å². The van der Waals surface area contributed by atoms with Gasteiger partial charge >= 0.3 is 6.03 Å². The molecule has 2 amide bonds. The molecule has 0 aliphatic carbocycles. The fourth-order valence-electron chi connectivity index (χ4n) is 2.94. The van der Waals surface area contributed by atoms with Crippen LogP contribution in [0.4, 0.5) is 10.6 Å². The number of likely N-dealkylation sites (N-methyl/N-ethyl adjacent to an activating group) is 1. The van der Waals surface area contributed by atoms with E-state index in [2.05, 4.69) is 27.3 Å². The predicted octanol–water partition coefficient (Wildman–Crippen LogP) is 1.63. The summed E-state index contributed by atoms with van der Waals surface area (Å²) in [6.45, 7) is 6.94. The van der Waals surface area contributed by atoms with Crippen molar-refractivity contribution < 1.29 is 9.32 Å². The van der Waals surface area contributed by atoms with Crippen LogP contribution in [0.25, 0.3) is 0 Å². The molecule has 3 rings (SSSR count). The van der Waals surface area contributed by atoms with Gasteiger partial charge in [0.05, 0.1) is 6.04 Å². The number of carbonyl (C=O) groups is 1. The molecule has 23 heavy (non-hydrogen) atoms. The molecule has 1 fully saturated rings. The molecule has 0 radical (unpaired) electrons. The largest absolute Gasteiger partial charge is 0.360 e. The van der Waals surface area contributed by atoms with Crippen molar-refractivity contribution >= 4 is 11.8 Å². The van der Waals surface area contributed by atoms with Gasteiger partial charge in [-0.2, -0.15) is 0 Å². The Morgan fingerprint density at radius 3 is 2.91 bits per heavy atom. The molecule has 8 nitrogen and oxygen atoms in total. The van der Waals surface area contributed by atoms with Crippen LogP contribution in [-0.2, 0) is 7.05 Å². The van der Waals surface area contributed by atoms with E-state index in [4.69, 9.17) is 4.52 Å². The monoisotopic (exact) mass is 318 g/mol. The van der Waals surface area contributed by atoms with Gasteiger partial charge in [0.2, 0.25) is 0 Å². The van der Waals surface area contributed by atoms with Crippen molar-refractivity contribution in [1.82, 2.24) is 24.5 Å². The van der Waals surface area contributed by atoms with Gasteiger partial charge in [0, 0.05) is 45.1 Å². The number of imidazole rings is 1. The van der Waals surface area contributed by atoms with Gasteiger partial charge in [-0.15, -0.1) is 0 Å². The summed E-state index contributed by atoms with van der Waals surface area (Å²) in [4.78, 5) is 21.1. The van der Waals surface area contributed by atoms with E-state index in [1.165, 1.54) is 0 Å². The molecule has 3 heterocycles. The molecule has 1 atom stereocenters. The van der Waals surface area contributed by atoms with E-state index in [9.17, 15) is 4.79 Å². The standard InChI is InChI=1S/C15H22N6O2/c1-4-20-7-8-21(10-12(20)14-16-5-6-19(14)3)15(22)17-13-9-11(2)23-18-13/h5-6,9,12H,4,7-8,10H2,1-3H3,(H,17,18,22)/t12-/m0/s1. The Kier molecular flexibility index (Phi) is 4.33. The number of hydrogen-bond donors (Lipinski definition) is 1. The number of piperazine rings is 1. The lowest BCUT2D eigenvalue weighted by molar-refractivity contribution is 0.0926. The fraction of sp³-hybridized carbons (Fsp3) is 0.533. The van der Waals surface area contributed by atoms with Crippen molar-refractivity contribution in [3.63, 3.8) is 0 Å². The molecule has 0 saturated carbocycles. The van der Waals surface area contributed by atoms with Crippen molar-refractivity contribution in [1.29, 1.82) is 0 Å². The Bertz CT molecular complexity index is 679. The first-order chi connectivity index (χ1) is 11.1. The highest BCUT2D eigenvalue weighted by Crippen LogP contribution is 2.24. The van der Waals surface area contributed by atoms with Gasteiger partial charge in [-0.3, -0.25) is 10.2 Å². The molecule has 0 bridgehead atoms. The molecular formula is C15H22N6O2.